The molecule has 0 saturated carbocycles. The standard InChI is InChI=1S/C50H30N4Se/c1-2-14-31(15-3-1)46-47(52-41-23-8-7-22-40(41)51-46)32-16-12-17-33(30-32)53-42-24-9-4-18-34(42)37-28-29-38-35-19-5-10-25-43(35)54(49(38)48(37)53)44-26-13-21-39-36-20-6-11-27-45(36)55-50(39)44/h1-30H. The van der Waals surface area contributed by atoms with Crippen LogP contribution in [0.5, 0.6) is 0 Å². The molecule has 0 aliphatic carbocycles. The molecule has 0 bridgehead atoms. The summed E-state index contributed by atoms with van der Waals surface area (Å²) in [6.45, 7) is 0. The Labute approximate surface area is 321 Å². The number of benzene rings is 8. The van der Waals surface area contributed by atoms with Gasteiger partial charge in [-0.25, -0.2) is 0 Å². The molecule has 0 amide bonds. The molecule has 12 aromatic rings. The third-order valence-electron chi connectivity index (χ3n) is 11.1. The van der Waals surface area contributed by atoms with Crippen molar-refractivity contribution in [3.63, 3.8) is 0 Å². The van der Waals surface area contributed by atoms with Crippen molar-refractivity contribution in [2.24, 2.45) is 0 Å². The van der Waals surface area contributed by atoms with Crippen molar-refractivity contribution in [3.05, 3.63) is 182 Å². The number of nitrogens with zero attached hydrogens (tertiary/aromatic N) is 4. The molecule has 0 radical (unpaired) electrons. The van der Waals surface area contributed by atoms with Gasteiger partial charge in [0.2, 0.25) is 0 Å². The Bertz CT molecular complexity index is 3500. The molecular weight excluding hydrogens is 736 g/mol. The van der Waals surface area contributed by atoms with Crippen LogP contribution in [-0.4, -0.2) is 33.6 Å². The number of hydrogen-bond acceptors (Lipinski definition) is 2. The van der Waals surface area contributed by atoms with Crippen molar-refractivity contribution in [1.82, 2.24) is 19.1 Å². The molecule has 4 aromatic heterocycles. The van der Waals surface area contributed by atoms with Crippen molar-refractivity contribution >= 4 is 88.4 Å². The fourth-order valence-corrected chi connectivity index (χ4v) is 11.2. The number of para-hydroxylation sites is 4. The molecule has 0 aliphatic rings. The van der Waals surface area contributed by atoms with E-state index in [2.05, 4.69) is 161 Å². The second-order valence-electron chi connectivity index (χ2n) is 14.1. The minimum absolute atomic E-state index is 0.187. The number of hydrogen-bond donors (Lipinski definition) is 0. The summed E-state index contributed by atoms with van der Waals surface area (Å²) in [6, 6.07) is 65.6. The van der Waals surface area contributed by atoms with E-state index in [1.807, 2.05) is 30.3 Å². The molecule has 0 aliphatic heterocycles. The molecule has 0 N–H and O–H groups in total. The maximum Gasteiger partial charge on any atom is -0.0527 e. The van der Waals surface area contributed by atoms with E-state index in [0.717, 1.165) is 39.2 Å². The van der Waals surface area contributed by atoms with Gasteiger partial charge in [0.25, 0.3) is 0 Å². The molecule has 0 unspecified atom stereocenters. The summed E-state index contributed by atoms with van der Waals surface area (Å²) >= 11 is 0.187. The van der Waals surface area contributed by atoms with Gasteiger partial charge in [0, 0.05) is 0 Å². The van der Waals surface area contributed by atoms with Crippen LogP contribution in [0.15, 0.2) is 182 Å². The van der Waals surface area contributed by atoms with Gasteiger partial charge in [-0.3, -0.25) is 0 Å². The van der Waals surface area contributed by atoms with Gasteiger partial charge >= 0.3 is 263 Å². The van der Waals surface area contributed by atoms with Gasteiger partial charge in [0.05, 0.1) is 5.52 Å². The topological polar surface area (TPSA) is 35.6 Å². The van der Waals surface area contributed by atoms with Gasteiger partial charge in [-0.1, -0.05) is 42.5 Å². The second-order valence-corrected chi connectivity index (χ2v) is 16.3. The van der Waals surface area contributed by atoms with E-state index < -0.39 is 0 Å². The number of aromatic nitrogens is 4. The van der Waals surface area contributed by atoms with Gasteiger partial charge < -0.3 is 0 Å². The van der Waals surface area contributed by atoms with Crippen LogP contribution in [0, 0.1) is 0 Å². The third kappa shape index (κ3) is 4.52. The van der Waals surface area contributed by atoms with E-state index in [-0.39, 0.29) is 14.5 Å². The molecule has 5 heteroatoms. The minimum Gasteiger partial charge on any atom is -0.0616 e. The predicted octanol–water partition coefficient (Wildman–Crippen LogP) is 12.5. The Morgan fingerprint density at radius 1 is 0.382 bits per heavy atom. The van der Waals surface area contributed by atoms with E-state index in [0.29, 0.717) is 0 Å². The van der Waals surface area contributed by atoms with Gasteiger partial charge in [-0.2, -0.15) is 0 Å². The van der Waals surface area contributed by atoms with Gasteiger partial charge in [0.1, 0.15) is 0 Å². The monoisotopic (exact) mass is 766 g/mol. The van der Waals surface area contributed by atoms with E-state index in [1.54, 1.807) is 0 Å². The van der Waals surface area contributed by atoms with Crippen LogP contribution in [0.1, 0.15) is 0 Å². The van der Waals surface area contributed by atoms with Crippen molar-refractivity contribution in [1.29, 1.82) is 0 Å². The van der Waals surface area contributed by atoms with Crippen LogP contribution in [0.2, 0.25) is 0 Å². The fourth-order valence-electron chi connectivity index (χ4n) is 8.72. The normalized spacial score (nSPS) is 12.0. The van der Waals surface area contributed by atoms with Gasteiger partial charge in [0.15, 0.2) is 0 Å². The summed E-state index contributed by atoms with van der Waals surface area (Å²) in [6.07, 6.45) is 0. The molecule has 0 spiro atoms. The van der Waals surface area contributed by atoms with Crippen LogP contribution >= 0.6 is 0 Å². The molecule has 8 aromatic carbocycles. The Morgan fingerprint density at radius 3 is 1.67 bits per heavy atom. The van der Waals surface area contributed by atoms with E-state index >= 15 is 0 Å². The molecule has 12 rings (SSSR count). The average molecular weight is 766 g/mol. The van der Waals surface area contributed by atoms with E-state index in [9.17, 15) is 0 Å². The van der Waals surface area contributed by atoms with Crippen molar-refractivity contribution < 1.29 is 0 Å². The Kier molecular flexibility index (Phi) is 6.61. The SMILES string of the molecule is c1ccc(-c2nc3ccccc3nc2-c2cccc(-n3c4ccccc4c4ccc5c6ccccc6n(-c6cccc7c6[se]c6ccccc67)c5c43)c2)cc1. The molecule has 4 nitrogen and oxygen atoms in total. The predicted molar refractivity (Wildman–Crippen MR) is 231 cm³/mol. The number of rotatable bonds is 4. The molecule has 256 valence electrons. The molecule has 0 fully saturated rings. The summed E-state index contributed by atoms with van der Waals surface area (Å²) in [5.74, 6) is 0. The van der Waals surface area contributed by atoms with Gasteiger partial charge in [-0.05, 0) is 12.1 Å². The van der Waals surface area contributed by atoms with Crippen molar-refractivity contribution in [2.75, 3.05) is 0 Å². The van der Waals surface area contributed by atoms with Crippen LogP contribution in [0.3, 0.4) is 0 Å². The van der Waals surface area contributed by atoms with Crippen LogP contribution in [-0.2, 0) is 0 Å². The molecular formula is C50H30N4Se. The first-order valence-corrected chi connectivity index (χ1v) is 20.3. The smallest absolute Gasteiger partial charge is 0.0527 e. The fraction of sp³-hybridized carbons (Fsp3) is 0. The van der Waals surface area contributed by atoms with Crippen molar-refractivity contribution in [3.8, 4) is 33.9 Å². The maximum absolute atomic E-state index is 5.28. The third-order valence-corrected chi connectivity index (χ3v) is 13.6. The Morgan fingerprint density at radius 2 is 0.927 bits per heavy atom. The summed E-state index contributed by atoms with van der Waals surface area (Å²) in [4.78, 5) is 10.5. The van der Waals surface area contributed by atoms with Gasteiger partial charge in [-0.15, -0.1) is 0 Å². The zero-order chi connectivity index (χ0) is 36.0. The minimum atomic E-state index is 0.187. The molecule has 55 heavy (non-hydrogen) atoms. The van der Waals surface area contributed by atoms with Crippen LogP contribution in [0.4, 0.5) is 0 Å². The zero-order valence-corrected chi connectivity index (χ0v) is 31.2. The Hall–Kier alpha value is -6.78. The quantitative estimate of drug-likeness (QED) is 0.167. The first-order valence-electron chi connectivity index (χ1n) is 18.6. The second kappa shape index (κ2) is 11.9. The maximum atomic E-state index is 5.28. The van der Waals surface area contributed by atoms with E-state index in [1.165, 1.54) is 68.6 Å². The first kappa shape index (κ1) is 30.7. The molecule has 4 heterocycles. The van der Waals surface area contributed by atoms with Crippen molar-refractivity contribution in [2.45, 2.75) is 0 Å². The zero-order valence-electron chi connectivity index (χ0n) is 29.5. The van der Waals surface area contributed by atoms with E-state index in [4.69, 9.17) is 9.97 Å². The Balaban J connectivity index is 1.20. The summed E-state index contributed by atoms with van der Waals surface area (Å²) in [5.41, 5.74) is 12.7. The van der Waals surface area contributed by atoms with Crippen LogP contribution < -0.4 is 0 Å². The van der Waals surface area contributed by atoms with Crippen LogP contribution in [0.25, 0.3) is 108 Å². The summed E-state index contributed by atoms with van der Waals surface area (Å²) < 4.78 is 7.91. The largest absolute Gasteiger partial charge is 0.0616 e. The summed E-state index contributed by atoms with van der Waals surface area (Å²) in [7, 11) is 0. The molecule has 0 atom stereocenters. The molecule has 0 saturated heterocycles. The first-order chi connectivity index (χ1) is 27.3. The summed E-state index contributed by atoms with van der Waals surface area (Å²) in [5, 5.41) is 7.68. The average Bonchev–Trinajstić information content (AvgIpc) is 3.91. The number of fused-ring (bicyclic) bond motifs is 11.